The van der Waals surface area contributed by atoms with Gasteiger partial charge in [-0.2, -0.15) is 0 Å². The first kappa shape index (κ1) is 26.0. The Bertz CT molecular complexity index is 845. The Balaban J connectivity index is 0.00000363. The predicted molar refractivity (Wildman–Crippen MR) is 139 cm³/mol. The molecule has 2 aromatic rings. The molecule has 1 aromatic heterocycles. The van der Waals surface area contributed by atoms with Crippen LogP contribution in [0.1, 0.15) is 44.1 Å². The van der Waals surface area contributed by atoms with Gasteiger partial charge in [-0.15, -0.1) is 24.0 Å². The van der Waals surface area contributed by atoms with Crippen LogP contribution in [-0.2, 0) is 11.3 Å². The highest BCUT2D eigenvalue weighted by atomic mass is 127. The van der Waals surface area contributed by atoms with Crippen molar-refractivity contribution in [1.29, 1.82) is 0 Å². The lowest BCUT2D eigenvalue weighted by atomic mass is 9.99. The van der Waals surface area contributed by atoms with Crippen molar-refractivity contribution in [3.05, 3.63) is 47.9 Å². The van der Waals surface area contributed by atoms with E-state index in [1.807, 2.05) is 29.2 Å². The molecule has 0 bridgehead atoms. The van der Waals surface area contributed by atoms with Crippen molar-refractivity contribution < 1.29 is 9.32 Å². The molecule has 1 fully saturated rings. The lowest BCUT2D eigenvalue weighted by Crippen LogP contribution is -2.52. The minimum atomic E-state index is 0. The van der Waals surface area contributed by atoms with E-state index in [1.165, 1.54) is 5.69 Å². The van der Waals surface area contributed by atoms with E-state index in [0.717, 1.165) is 50.5 Å². The summed E-state index contributed by atoms with van der Waals surface area (Å²) in [5.41, 5.74) is 2.20. The SMILES string of the molecule is CCC(CC)c1cc(CNC(=NC)NCC(=O)N2CCN(c3ccccc3)CC2)on1.I. The first-order chi connectivity index (χ1) is 15.1. The van der Waals surface area contributed by atoms with Gasteiger partial charge in [0.15, 0.2) is 11.7 Å². The summed E-state index contributed by atoms with van der Waals surface area (Å²) in [4.78, 5) is 21.0. The molecule has 0 saturated carbocycles. The monoisotopic (exact) mass is 554 g/mol. The molecule has 1 aliphatic rings. The van der Waals surface area contributed by atoms with Gasteiger partial charge in [0.1, 0.15) is 0 Å². The van der Waals surface area contributed by atoms with E-state index >= 15 is 0 Å². The first-order valence-corrected chi connectivity index (χ1v) is 11.1. The second kappa shape index (κ2) is 13.3. The van der Waals surface area contributed by atoms with Crippen LogP contribution < -0.4 is 15.5 Å². The lowest BCUT2D eigenvalue weighted by Gasteiger charge is -2.36. The number of piperazine rings is 1. The molecule has 0 atom stereocenters. The van der Waals surface area contributed by atoms with Gasteiger partial charge in [-0.3, -0.25) is 9.79 Å². The second-order valence-electron chi connectivity index (χ2n) is 7.71. The Morgan fingerprint density at radius 2 is 1.81 bits per heavy atom. The van der Waals surface area contributed by atoms with Gasteiger partial charge in [-0.05, 0) is 25.0 Å². The number of nitrogens with zero attached hydrogens (tertiary/aromatic N) is 4. The number of hydrogen-bond donors (Lipinski definition) is 2. The largest absolute Gasteiger partial charge is 0.368 e. The highest BCUT2D eigenvalue weighted by molar-refractivity contribution is 14.0. The number of benzene rings is 1. The number of nitrogens with one attached hydrogen (secondary N) is 2. The molecule has 176 valence electrons. The number of para-hydroxylation sites is 1. The van der Waals surface area contributed by atoms with Crippen molar-refractivity contribution in [2.45, 2.75) is 39.2 Å². The first-order valence-electron chi connectivity index (χ1n) is 11.1. The Morgan fingerprint density at radius 1 is 1.12 bits per heavy atom. The van der Waals surface area contributed by atoms with E-state index in [0.29, 0.717) is 18.4 Å². The maximum absolute atomic E-state index is 12.6. The average molecular weight is 554 g/mol. The van der Waals surface area contributed by atoms with Crippen molar-refractivity contribution in [2.75, 3.05) is 44.7 Å². The predicted octanol–water partition coefficient (Wildman–Crippen LogP) is 3.21. The van der Waals surface area contributed by atoms with Gasteiger partial charge in [-0.1, -0.05) is 37.2 Å². The highest BCUT2D eigenvalue weighted by Crippen LogP contribution is 2.22. The molecule has 32 heavy (non-hydrogen) atoms. The number of anilines is 1. The molecule has 1 amide bonds. The van der Waals surface area contributed by atoms with Gasteiger partial charge in [0.2, 0.25) is 5.91 Å². The van der Waals surface area contributed by atoms with E-state index in [-0.39, 0.29) is 36.4 Å². The number of carbonyl (C=O) groups is 1. The molecule has 2 N–H and O–H groups in total. The van der Waals surface area contributed by atoms with Gasteiger partial charge in [0, 0.05) is 50.9 Å². The Morgan fingerprint density at radius 3 is 2.44 bits per heavy atom. The van der Waals surface area contributed by atoms with Crippen LogP contribution in [0.15, 0.2) is 45.9 Å². The van der Waals surface area contributed by atoms with E-state index in [1.54, 1.807) is 7.05 Å². The molecule has 9 heteroatoms. The number of rotatable bonds is 8. The van der Waals surface area contributed by atoms with Crippen LogP contribution in [0.2, 0.25) is 0 Å². The third-order valence-corrected chi connectivity index (χ3v) is 5.80. The second-order valence-corrected chi connectivity index (χ2v) is 7.71. The highest BCUT2D eigenvalue weighted by Gasteiger charge is 2.21. The molecular formula is C23H35IN6O2. The number of aromatic nitrogens is 1. The fourth-order valence-electron chi connectivity index (χ4n) is 3.83. The summed E-state index contributed by atoms with van der Waals surface area (Å²) in [5.74, 6) is 1.83. The third-order valence-electron chi connectivity index (χ3n) is 5.80. The minimum Gasteiger partial charge on any atom is -0.368 e. The Labute approximate surface area is 207 Å². The zero-order valence-electron chi connectivity index (χ0n) is 19.2. The smallest absolute Gasteiger partial charge is 0.242 e. The van der Waals surface area contributed by atoms with Gasteiger partial charge < -0.3 is 25.0 Å². The molecule has 1 aromatic carbocycles. The number of carbonyl (C=O) groups excluding carboxylic acids is 1. The molecule has 1 aliphatic heterocycles. The number of amides is 1. The molecule has 0 spiro atoms. The summed E-state index contributed by atoms with van der Waals surface area (Å²) >= 11 is 0. The molecule has 0 unspecified atom stereocenters. The van der Waals surface area contributed by atoms with E-state index in [2.05, 4.69) is 51.7 Å². The summed E-state index contributed by atoms with van der Waals surface area (Å²) in [6.45, 7) is 8.12. The van der Waals surface area contributed by atoms with E-state index in [9.17, 15) is 4.79 Å². The van der Waals surface area contributed by atoms with Crippen molar-refractivity contribution in [2.24, 2.45) is 4.99 Å². The average Bonchev–Trinajstić information content (AvgIpc) is 3.29. The zero-order chi connectivity index (χ0) is 22.1. The summed E-state index contributed by atoms with van der Waals surface area (Å²) in [7, 11) is 1.69. The Hall–Kier alpha value is -2.30. The van der Waals surface area contributed by atoms with Crippen molar-refractivity contribution in [3.8, 4) is 0 Å². The normalized spacial score (nSPS) is 14.3. The van der Waals surface area contributed by atoms with Crippen LogP contribution in [0.5, 0.6) is 0 Å². The van der Waals surface area contributed by atoms with Crippen LogP contribution in [-0.4, -0.2) is 61.7 Å². The molecule has 8 nitrogen and oxygen atoms in total. The van der Waals surface area contributed by atoms with Crippen LogP contribution >= 0.6 is 24.0 Å². The molecule has 0 radical (unpaired) electrons. The van der Waals surface area contributed by atoms with Gasteiger partial charge in [0.25, 0.3) is 0 Å². The number of halogens is 1. The quantitative estimate of drug-likeness (QED) is 0.296. The number of hydrogen-bond acceptors (Lipinski definition) is 5. The number of guanidine groups is 1. The van der Waals surface area contributed by atoms with Gasteiger partial charge in [0.05, 0.1) is 18.8 Å². The fraction of sp³-hybridized carbons (Fsp3) is 0.522. The molecule has 3 rings (SSSR count). The summed E-state index contributed by atoms with van der Waals surface area (Å²) in [6.07, 6.45) is 2.09. The van der Waals surface area contributed by atoms with Crippen LogP contribution in [0.3, 0.4) is 0 Å². The zero-order valence-corrected chi connectivity index (χ0v) is 21.5. The summed E-state index contributed by atoms with van der Waals surface area (Å²) in [5, 5.41) is 10.5. The van der Waals surface area contributed by atoms with Crippen LogP contribution in [0, 0.1) is 0 Å². The van der Waals surface area contributed by atoms with Crippen LogP contribution in [0.25, 0.3) is 0 Å². The Kier molecular flexibility index (Phi) is 10.8. The van der Waals surface area contributed by atoms with Crippen molar-refractivity contribution >= 4 is 41.5 Å². The van der Waals surface area contributed by atoms with Gasteiger partial charge >= 0.3 is 0 Å². The van der Waals surface area contributed by atoms with Crippen molar-refractivity contribution in [3.63, 3.8) is 0 Å². The van der Waals surface area contributed by atoms with Gasteiger partial charge in [-0.25, -0.2) is 0 Å². The third kappa shape index (κ3) is 7.11. The molecular weight excluding hydrogens is 519 g/mol. The van der Waals surface area contributed by atoms with Crippen molar-refractivity contribution in [1.82, 2.24) is 20.7 Å². The fourth-order valence-corrected chi connectivity index (χ4v) is 3.83. The standard InChI is InChI=1S/C23H34N6O2.HI/c1-4-18(5-2)21-15-20(31-27-21)16-25-23(24-3)26-17-22(30)29-13-11-28(12-14-29)19-9-7-6-8-10-19;/h6-10,15,18H,4-5,11-14,16-17H2,1-3H3,(H2,24,25,26);1H. The van der Waals surface area contributed by atoms with E-state index in [4.69, 9.17) is 4.52 Å². The molecule has 0 aliphatic carbocycles. The maximum atomic E-state index is 12.6. The van der Waals surface area contributed by atoms with Crippen LogP contribution in [0.4, 0.5) is 5.69 Å². The topological polar surface area (TPSA) is 86.0 Å². The lowest BCUT2D eigenvalue weighted by molar-refractivity contribution is -0.130. The maximum Gasteiger partial charge on any atom is 0.242 e. The summed E-state index contributed by atoms with van der Waals surface area (Å²) < 4.78 is 5.44. The summed E-state index contributed by atoms with van der Waals surface area (Å²) in [6, 6.07) is 12.3. The van der Waals surface area contributed by atoms with E-state index < -0.39 is 0 Å². The molecule has 1 saturated heterocycles. The number of aliphatic imine (C=N–C) groups is 1. The molecule has 2 heterocycles. The minimum absolute atomic E-state index is 0.